The predicted octanol–water partition coefficient (Wildman–Crippen LogP) is 4.77. The zero-order valence-electron chi connectivity index (χ0n) is 15.4. The van der Waals surface area contributed by atoms with Gasteiger partial charge in [-0.2, -0.15) is 0 Å². The number of aryl methyl sites for hydroxylation is 1. The van der Waals surface area contributed by atoms with Crippen LogP contribution in [0.5, 0.6) is 0 Å². The Balaban J connectivity index is 1.49. The van der Waals surface area contributed by atoms with E-state index in [1.807, 2.05) is 31.2 Å². The quantitative estimate of drug-likeness (QED) is 0.767. The van der Waals surface area contributed by atoms with Crippen LogP contribution in [0.4, 0.5) is 11.4 Å². The summed E-state index contributed by atoms with van der Waals surface area (Å²) in [6.07, 6.45) is 2.08. The number of nitrogens with zero attached hydrogens (tertiary/aromatic N) is 2. The highest BCUT2D eigenvalue weighted by molar-refractivity contribution is 8.15. The molecular formula is C21H20ClN3O2S. The van der Waals surface area contributed by atoms with Crippen molar-refractivity contribution in [3.05, 3.63) is 59.1 Å². The van der Waals surface area contributed by atoms with Crippen molar-refractivity contribution in [2.75, 3.05) is 5.32 Å². The van der Waals surface area contributed by atoms with E-state index in [9.17, 15) is 9.59 Å². The van der Waals surface area contributed by atoms with Crippen LogP contribution in [0, 0.1) is 6.92 Å². The second-order valence-corrected chi connectivity index (χ2v) is 8.65. The molecule has 1 aliphatic heterocycles. The van der Waals surface area contributed by atoms with Gasteiger partial charge >= 0.3 is 0 Å². The summed E-state index contributed by atoms with van der Waals surface area (Å²) in [7, 11) is 0. The molecule has 1 unspecified atom stereocenters. The molecule has 4 rings (SSSR count). The first-order chi connectivity index (χ1) is 13.5. The molecule has 1 heterocycles. The molecule has 7 heteroatoms. The van der Waals surface area contributed by atoms with Gasteiger partial charge in [-0.05, 0) is 55.7 Å². The minimum atomic E-state index is -0.455. The molecule has 0 aromatic heterocycles. The lowest BCUT2D eigenvalue weighted by Gasteiger charge is -2.15. The number of aliphatic imine (C=N–C) groups is 1. The topological polar surface area (TPSA) is 61.8 Å². The van der Waals surface area contributed by atoms with Crippen LogP contribution in [-0.2, 0) is 9.59 Å². The molecule has 0 spiro atoms. The Morgan fingerprint density at radius 3 is 2.75 bits per heavy atom. The van der Waals surface area contributed by atoms with Gasteiger partial charge in [0, 0.05) is 23.2 Å². The Morgan fingerprint density at radius 2 is 2.04 bits per heavy atom. The summed E-state index contributed by atoms with van der Waals surface area (Å²) < 4.78 is 0. The standard InChI is InChI=1S/C21H20ClN3O2S/c1-13-4-2-6-15(10-13)24-21-25(17-8-9-17)20(27)18(28-21)12-19(26)23-16-7-3-5-14(22)11-16/h2-7,10-11,17-18H,8-9,12H2,1H3,(H,23,26). The molecule has 1 atom stereocenters. The molecule has 1 aliphatic carbocycles. The summed E-state index contributed by atoms with van der Waals surface area (Å²) in [4.78, 5) is 31.9. The lowest BCUT2D eigenvalue weighted by atomic mass is 10.2. The average molecular weight is 414 g/mol. The normalized spacial score (nSPS) is 20.6. The van der Waals surface area contributed by atoms with Gasteiger partial charge in [-0.3, -0.25) is 14.5 Å². The van der Waals surface area contributed by atoms with E-state index in [2.05, 4.69) is 5.32 Å². The van der Waals surface area contributed by atoms with E-state index in [0.29, 0.717) is 15.9 Å². The highest BCUT2D eigenvalue weighted by Gasteiger charge is 2.46. The average Bonchev–Trinajstić information content (AvgIpc) is 3.41. The molecule has 1 saturated heterocycles. The maximum atomic E-state index is 12.9. The molecule has 2 aromatic carbocycles. The monoisotopic (exact) mass is 413 g/mol. The van der Waals surface area contributed by atoms with Crippen LogP contribution >= 0.6 is 23.4 Å². The summed E-state index contributed by atoms with van der Waals surface area (Å²) in [5.41, 5.74) is 2.57. The maximum Gasteiger partial charge on any atom is 0.242 e. The van der Waals surface area contributed by atoms with Crippen molar-refractivity contribution in [3.8, 4) is 0 Å². The summed E-state index contributed by atoms with van der Waals surface area (Å²) in [6, 6.07) is 15.1. The van der Waals surface area contributed by atoms with E-state index in [0.717, 1.165) is 24.1 Å². The van der Waals surface area contributed by atoms with Crippen molar-refractivity contribution < 1.29 is 9.59 Å². The van der Waals surface area contributed by atoms with Crippen LogP contribution in [0.1, 0.15) is 24.8 Å². The van der Waals surface area contributed by atoms with Crippen molar-refractivity contribution in [1.82, 2.24) is 4.90 Å². The first-order valence-corrected chi connectivity index (χ1v) is 10.5. The van der Waals surface area contributed by atoms with Gasteiger partial charge in [-0.15, -0.1) is 0 Å². The smallest absolute Gasteiger partial charge is 0.242 e. The van der Waals surface area contributed by atoms with Crippen LogP contribution in [0.15, 0.2) is 53.5 Å². The van der Waals surface area contributed by atoms with E-state index in [1.165, 1.54) is 11.8 Å². The summed E-state index contributed by atoms with van der Waals surface area (Å²) in [5, 5.41) is 3.60. The zero-order valence-corrected chi connectivity index (χ0v) is 17.0. The predicted molar refractivity (Wildman–Crippen MR) is 114 cm³/mol. The second-order valence-electron chi connectivity index (χ2n) is 7.04. The van der Waals surface area contributed by atoms with E-state index < -0.39 is 5.25 Å². The third-order valence-corrected chi connectivity index (χ3v) is 5.97. The van der Waals surface area contributed by atoms with Gasteiger partial charge in [-0.1, -0.05) is 41.6 Å². The van der Waals surface area contributed by atoms with Crippen LogP contribution in [0.2, 0.25) is 5.02 Å². The number of rotatable bonds is 5. The van der Waals surface area contributed by atoms with Crippen molar-refractivity contribution in [2.24, 2.45) is 4.99 Å². The summed E-state index contributed by atoms with van der Waals surface area (Å²) in [5.74, 6) is -0.235. The number of hydrogen-bond acceptors (Lipinski definition) is 4. The van der Waals surface area contributed by atoms with Crippen molar-refractivity contribution >= 4 is 51.7 Å². The Labute approximate surface area is 173 Å². The molecule has 2 fully saturated rings. The lowest BCUT2D eigenvalue weighted by Crippen LogP contribution is -2.35. The molecular weight excluding hydrogens is 394 g/mol. The first-order valence-electron chi connectivity index (χ1n) is 9.20. The largest absolute Gasteiger partial charge is 0.326 e. The van der Waals surface area contributed by atoms with Gasteiger partial charge in [0.05, 0.1) is 5.69 Å². The van der Waals surface area contributed by atoms with Gasteiger partial charge in [0.2, 0.25) is 11.8 Å². The van der Waals surface area contributed by atoms with Crippen LogP contribution < -0.4 is 5.32 Å². The Hall–Kier alpha value is -2.31. The zero-order chi connectivity index (χ0) is 19.7. The minimum Gasteiger partial charge on any atom is -0.326 e. The highest BCUT2D eigenvalue weighted by atomic mass is 35.5. The van der Waals surface area contributed by atoms with Gasteiger partial charge in [0.1, 0.15) is 5.25 Å². The lowest BCUT2D eigenvalue weighted by molar-refractivity contribution is -0.128. The third kappa shape index (κ3) is 4.39. The van der Waals surface area contributed by atoms with Crippen LogP contribution in [0.3, 0.4) is 0 Å². The maximum absolute atomic E-state index is 12.9. The fourth-order valence-electron chi connectivity index (χ4n) is 3.12. The van der Waals surface area contributed by atoms with E-state index >= 15 is 0 Å². The van der Waals surface area contributed by atoms with Gasteiger partial charge < -0.3 is 5.32 Å². The Kier molecular flexibility index (Phi) is 5.42. The number of hydrogen-bond donors (Lipinski definition) is 1. The molecule has 0 radical (unpaired) electrons. The van der Waals surface area contributed by atoms with Gasteiger partial charge in [0.15, 0.2) is 5.17 Å². The second kappa shape index (κ2) is 7.97. The number of thioether (sulfide) groups is 1. The van der Waals surface area contributed by atoms with Crippen LogP contribution in [0.25, 0.3) is 0 Å². The highest BCUT2D eigenvalue weighted by Crippen LogP contribution is 2.39. The Morgan fingerprint density at radius 1 is 1.25 bits per heavy atom. The van der Waals surface area contributed by atoms with Gasteiger partial charge in [-0.25, -0.2) is 4.99 Å². The summed E-state index contributed by atoms with van der Waals surface area (Å²) in [6.45, 7) is 2.01. The SMILES string of the molecule is Cc1cccc(N=C2SC(CC(=O)Nc3cccc(Cl)c3)C(=O)N2C2CC2)c1. The summed E-state index contributed by atoms with van der Waals surface area (Å²) >= 11 is 7.34. The molecule has 28 heavy (non-hydrogen) atoms. The number of amides is 2. The molecule has 2 aliphatic rings. The minimum absolute atomic E-state index is 0.0276. The van der Waals surface area contributed by atoms with Crippen molar-refractivity contribution in [1.29, 1.82) is 0 Å². The number of nitrogens with one attached hydrogen (secondary N) is 1. The first kappa shape index (κ1) is 19.0. The molecule has 2 amide bonds. The molecule has 5 nitrogen and oxygen atoms in total. The van der Waals surface area contributed by atoms with Gasteiger partial charge in [0.25, 0.3) is 0 Å². The molecule has 0 bridgehead atoms. The number of amidine groups is 1. The van der Waals surface area contributed by atoms with E-state index in [-0.39, 0.29) is 24.3 Å². The van der Waals surface area contributed by atoms with Crippen molar-refractivity contribution in [2.45, 2.75) is 37.5 Å². The van der Waals surface area contributed by atoms with Crippen LogP contribution in [-0.4, -0.2) is 33.2 Å². The van der Waals surface area contributed by atoms with Crippen molar-refractivity contribution in [3.63, 3.8) is 0 Å². The molecule has 1 N–H and O–H groups in total. The number of halogens is 1. The number of anilines is 1. The van der Waals surface area contributed by atoms with E-state index in [1.54, 1.807) is 29.2 Å². The molecule has 144 valence electrons. The fourth-order valence-corrected chi connectivity index (χ4v) is 4.52. The Bertz CT molecular complexity index is 958. The molecule has 1 saturated carbocycles. The number of carbonyl (C=O) groups excluding carboxylic acids is 2. The third-order valence-electron chi connectivity index (χ3n) is 4.58. The number of carbonyl (C=O) groups is 2. The number of benzene rings is 2. The van der Waals surface area contributed by atoms with E-state index in [4.69, 9.17) is 16.6 Å². The fraction of sp³-hybridized carbons (Fsp3) is 0.286. The molecule has 2 aromatic rings.